The van der Waals surface area contributed by atoms with Crippen molar-refractivity contribution in [3.8, 4) is 5.75 Å². The van der Waals surface area contributed by atoms with E-state index in [1.807, 2.05) is 0 Å². The number of hydrogen-bond donors (Lipinski definition) is 19. The summed E-state index contributed by atoms with van der Waals surface area (Å²) < 4.78 is 13.8. The smallest absolute Gasteiger partial charge is 0.328 e. The van der Waals surface area contributed by atoms with Crippen LogP contribution in [0.4, 0.5) is 0 Å². The predicted molar refractivity (Wildman–Crippen MR) is 365 cm³/mol. The highest BCUT2D eigenvalue weighted by Gasteiger charge is 2.37. The zero-order valence-electron chi connectivity index (χ0n) is 54.3. The summed E-state index contributed by atoms with van der Waals surface area (Å²) in [5.74, 6) is -12.5. The molecule has 0 radical (unpaired) electrons. The molecule has 1 fully saturated rings. The number of aromatic hydroxyl groups is 1. The van der Waals surface area contributed by atoms with E-state index < -0.39 is 158 Å². The molecule has 2 heterocycles. The third kappa shape index (κ3) is 26.9. The molecule has 5 rings (SSSR count). The number of carboxylic acid groups (broad SMARTS) is 3. The molecule has 32 nitrogen and oxygen atoms in total. The van der Waals surface area contributed by atoms with E-state index in [2.05, 4.69) is 72.8 Å². The number of carboxylic acids is 3. The number of aliphatic hydroxyl groups is 2. The first-order chi connectivity index (χ1) is 46.5. The van der Waals surface area contributed by atoms with E-state index in [9.17, 15) is 92.8 Å². The molecule has 11 atom stereocenters. The minimum atomic E-state index is -4.17. The monoisotopic (exact) mass is 1430 g/mol. The largest absolute Gasteiger partial charge is 0.508 e. The Bertz CT molecular complexity index is 3380. The number of phenols is 1. The Morgan fingerprint density at radius 2 is 0.980 bits per heavy atom. The van der Waals surface area contributed by atoms with Gasteiger partial charge in [0.15, 0.2) is 6.04 Å². The van der Waals surface area contributed by atoms with Crippen LogP contribution in [0.1, 0.15) is 56.2 Å². The molecule has 0 aliphatic carbocycles. The number of aliphatic hydroxyl groups excluding tert-OH is 2. The number of rotatable bonds is 39. The first kappa shape index (κ1) is 80.5. The molecule has 538 valence electrons. The zero-order valence-corrected chi connectivity index (χ0v) is 57.0. The molecule has 98 heavy (non-hydrogen) atoms. The van der Waals surface area contributed by atoms with Gasteiger partial charge in [0.25, 0.3) is 0 Å². The van der Waals surface area contributed by atoms with E-state index in [0.717, 1.165) is 13.8 Å². The lowest BCUT2D eigenvalue weighted by atomic mass is 10.0. The van der Waals surface area contributed by atoms with Gasteiger partial charge in [0.05, 0.1) is 31.6 Å². The number of carbonyl (C=O) groups excluding carboxylic acids is 8. The number of para-hydroxylation sites is 1. The lowest BCUT2D eigenvalue weighted by molar-refractivity contribution is -0.145. The second kappa shape index (κ2) is 40.0. The number of aliphatic carboxylic acids is 3. The average molecular weight is 1430 g/mol. The van der Waals surface area contributed by atoms with E-state index in [4.69, 9.17) is 5.73 Å². The fourth-order valence-corrected chi connectivity index (χ4v) is 12.7. The van der Waals surface area contributed by atoms with Gasteiger partial charge in [-0.3, -0.25) is 67.2 Å². The Balaban J connectivity index is 1.38. The Morgan fingerprint density at radius 1 is 0.541 bits per heavy atom. The molecule has 1 saturated heterocycles. The number of aromatic amines is 1. The van der Waals surface area contributed by atoms with Crippen molar-refractivity contribution in [1.82, 2.24) is 62.2 Å². The van der Waals surface area contributed by atoms with Gasteiger partial charge < -0.3 is 88.8 Å². The number of amides is 8. The highest BCUT2D eigenvalue weighted by Crippen LogP contribution is 2.41. The number of thiol groups is 2. The number of phenolic OH excluding ortho intramolecular Hbond substituents is 1. The predicted octanol–water partition coefficient (Wildman–Crippen LogP) is -2.68. The Kier molecular flexibility index (Phi) is 32.9. The summed E-state index contributed by atoms with van der Waals surface area (Å²) in [4.78, 5) is 168. The number of aromatic nitrogens is 1. The number of benzene rings is 3. The number of hydrogen-bond acceptors (Lipinski definition) is 21. The van der Waals surface area contributed by atoms with Crippen molar-refractivity contribution in [2.75, 3.05) is 82.9 Å². The minimum absolute atomic E-state index is 0.109. The summed E-state index contributed by atoms with van der Waals surface area (Å²) in [6.07, 6.45) is -3.30. The molecule has 1 aliphatic rings. The molecule has 35 heteroatoms. The minimum Gasteiger partial charge on any atom is -0.508 e. The molecule has 1 aliphatic heterocycles. The third-order valence-corrected chi connectivity index (χ3v) is 18.5. The van der Waals surface area contributed by atoms with Gasteiger partial charge in [-0.2, -0.15) is 25.3 Å². The van der Waals surface area contributed by atoms with E-state index in [1.165, 1.54) is 24.3 Å². The molecule has 18 N–H and O–H groups in total. The van der Waals surface area contributed by atoms with E-state index in [1.54, 1.807) is 75.5 Å². The molecule has 1 unspecified atom stereocenters. The van der Waals surface area contributed by atoms with Gasteiger partial charge in [0, 0.05) is 99.7 Å². The lowest BCUT2D eigenvalue weighted by Gasteiger charge is -2.28. The van der Waals surface area contributed by atoms with Crippen LogP contribution in [0.15, 0.2) is 85.1 Å². The van der Waals surface area contributed by atoms with Crippen molar-refractivity contribution in [3.05, 3.63) is 102 Å². The highest BCUT2D eigenvalue weighted by molar-refractivity contribution is 7.80. The van der Waals surface area contributed by atoms with E-state index in [-0.39, 0.29) is 103 Å². The van der Waals surface area contributed by atoms with Crippen molar-refractivity contribution < 1.29 is 92.8 Å². The number of unbranched alkanes of at least 4 members (excludes halogenated alkanes) is 1. The van der Waals surface area contributed by atoms with Crippen LogP contribution in [0, 0.1) is 0 Å². The molecular formula is C63H90N13O19PS2. The lowest BCUT2D eigenvalue weighted by Crippen LogP contribution is -2.62. The van der Waals surface area contributed by atoms with Crippen molar-refractivity contribution >= 4 is 109 Å². The van der Waals surface area contributed by atoms with Crippen molar-refractivity contribution in [2.45, 2.75) is 119 Å². The molecule has 4 aromatic rings. The maximum Gasteiger partial charge on any atom is 0.328 e. The summed E-state index contributed by atoms with van der Waals surface area (Å²) in [5, 5.41) is 80.1. The molecule has 3 aromatic carbocycles. The van der Waals surface area contributed by atoms with Crippen LogP contribution in [0.3, 0.4) is 0 Å². The summed E-state index contributed by atoms with van der Waals surface area (Å²) in [6.45, 7) is 2.95. The van der Waals surface area contributed by atoms with Gasteiger partial charge in [-0.25, -0.2) is 4.79 Å². The molecule has 0 saturated carbocycles. The number of fused-ring (bicyclic) bond motifs is 1. The third-order valence-electron chi connectivity index (χ3n) is 16.0. The van der Waals surface area contributed by atoms with Gasteiger partial charge in [-0.15, -0.1) is 0 Å². The molecule has 8 amide bonds. The quantitative estimate of drug-likeness (QED) is 0.0123. The molecule has 0 bridgehead atoms. The Labute approximate surface area is 576 Å². The maximum absolute atomic E-state index is 15.0. The van der Waals surface area contributed by atoms with Crippen LogP contribution in [-0.4, -0.2) is 264 Å². The number of nitrogens with two attached hydrogens (primary N) is 1. The number of nitrogens with one attached hydrogen (secondary N) is 9. The number of nitrogens with zero attached hydrogens (tertiary/aromatic N) is 3. The molecular weight excluding hydrogens is 1340 g/mol. The van der Waals surface area contributed by atoms with E-state index in [0.29, 0.717) is 34.0 Å². The van der Waals surface area contributed by atoms with Crippen LogP contribution >= 0.6 is 32.6 Å². The molecule has 1 aromatic heterocycles. The second-order valence-electron chi connectivity index (χ2n) is 23.9. The van der Waals surface area contributed by atoms with Crippen LogP contribution in [0.5, 0.6) is 5.75 Å². The molecule has 0 spiro atoms. The first-order valence-corrected chi connectivity index (χ1v) is 35.0. The second-order valence-corrected chi connectivity index (χ2v) is 27.1. The van der Waals surface area contributed by atoms with Gasteiger partial charge in [-0.05, 0) is 74.5 Å². The van der Waals surface area contributed by atoms with Crippen molar-refractivity contribution in [1.29, 1.82) is 0 Å². The summed E-state index contributed by atoms with van der Waals surface area (Å²) in [6, 6.07) is 8.41. The Morgan fingerprint density at radius 3 is 1.50 bits per heavy atom. The summed E-state index contributed by atoms with van der Waals surface area (Å²) >= 11 is 8.47. The first-order valence-electron chi connectivity index (χ1n) is 31.7. The van der Waals surface area contributed by atoms with E-state index >= 15 is 0 Å². The Hall–Kier alpha value is -8.18. The van der Waals surface area contributed by atoms with Gasteiger partial charge in [0.2, 0.25) is 54.6 Å². The summed E-state index contributed by atoms with van der Waals surface area (Å²) in [7, 11) is -4.17. The summed E-state index contributed by atoms with van der Waals surface area (Å²) in [5.41, 5.74) is 7.94. The van der Waals surface area contributed by atoms with Gasteiger partial charge >= 0.3 is 17.9 Å². The standard InChI is InChI=1S/C63H90N13O19PS2/c1-37(77)54(62(91)71-50(35-98)61(90)73-55(38(2)78)63(92)93)72-56(85)45(14-8-9-20-64)67-59(88)48(30-41-31-65-44-13-7-6-12-43(41)44)69-58(87)47(29-40-15-17-42(79)18-16-40)68-60(89)49(34-97)70-57(86)46(28-39-10-4-3-5-11-39)66-51(80)19-27-96(94,95)36-76-25-23-74(32-52(81)82)21-22-75(24-26-76)33-53(83)84/h3-7,10-13,15-18,31,37-38,45-50,54-55,65,77-79,97-98H,8-9,14,19-30,32-36,64H2,1-2H3,(H,66,80)(H,67,88)(H,68,89)(H,69,87)(H,70,86)(H,71,91)(H,72,85)(H,73,90)(H,81,82)(H,83,84)(H,92,93)(H,94,95)/t37-,38-,45+,46+,47+,48+,49+,50+,54+,55+/m1/s1. The fourth-order valence-electron chi connectivity index (χ4n) is 10.6. The van der Waals surface area contributed by atoms with Crippen LogP contribution in [0.25, 0.3) is 10.9 Å². The van der Waals surface area contributed by atoms with Crippen LogP contribution < -0.4 is 48.3 Å². The normalized spacial score (nSPS) is 16.9. The van der Waals surface area contributed by atoms with Crippen LogP contribution in [-0.2, 0) is 76.6 Å². The van der Waals surface area contributed by atoms with Gasteiger partial charge in [0.1, 0.15) is 48.0 Å². The average Bonchev–Trinajstić information content (AvgIpc) is 1.54. The SMILES string of the molecule is C[C@@H](O)[C@H](NC(=O)[C@H](CS)NC(=O)[C@@H](NC(=O)[C@H](CCCCN)NC(=O)[C@H](Cc1c[nH]c2ccccc12)NC(=O)[C@H](Cc1ccc(O)cc1)NC(=O)[C@H](CS)NC(=O)[C@H](Cc1ccccc1)NC(=O)CCP(=O)(O)CN1CCN(CC(=O)O)CCN(CC(=O)O)CC1)[C@@H](C)O)C(=O)O. The zero-order chi connectivity index (χ0) is 72.2. The van der Waals surface area contributed by atoms with Crippen LogP contribution in [0.2, 0.25) is 0 Å². The fraction of sp³-hybridized carbons (Fsp3) is 0.508. The topological polar surface area (TPSA) is 494 Å². The number of carbonyl (C=O) groups is 11. The highest BCUT2D eigenvalue weighted by atomic mass is 32.1. The van der Waals surface area contributed by atoms with Gasteiger partial charge in [-0.1, -0.05) is 60.7 Å². The number of H-pyrrole nitrogens is 1. The maximum atomic E-state index is 15.0. The van der Waals surface area contributed by atoms with Crippen molar-refractivity contribution in [2.24, 2.45) is 5.73 Å². The van der Waals surface area contributed by atoms with Crippen molar-refractivity contribution in [3.63, 3.8) is 0 Å².